The zero-order valence-electron chi connectivity index (χ0n) is 15.3. The van der Waals surface area contributed by atoms with E-state index in [9.17, 15) is 14.7 Å². The molecule has 1 heterocycles. The van der Waals surface area contributed by atoms with Gasteiger partial charge in [-0.25, -0.2) is 4.68 Å². The third-order valence-corrected chi connectivity index (χ3v) is 6.85. The van der Waals surface area contributed by atoms with Crippen LogP contribution in [-0.4, -0.2) is 21.8 Å². The Kier molecular flexibility index (Phi) is 4.10. The third-order valence-electron chi connectivity index (χ3n) is 6.48. The lowest BCUT2D eigenvalue weighted by Gasteiger charge is -2.62. The van der Waals surface area contributed by atoms with E-state index in [4.69, 9.17) is 11.6 Å². The van der Waals surface area contributed by atoms with Crippen LogP contribution in [0.4, 0.5) is 5.69 Å². The molecule has 0 aliphatic heterocycles. The molecular formula is C19H25ClN3O3-. The standard InChI is InChI=1S/C19H26ClN3O3/c1-11(2)22-14-9-21-23(17(26)16(14)20)19-6-12-3-13(7-19)5-18(4-12,10-19)8-15(24)25/h9,11-13,22H,3-8,10H2,1-2H3,(H,24,25)/p-1/t12-,13+,18?,19?. The van der Waals surface area contributed by atoms with E-state index in [-0.39, 0.29) is 28.5 Å². The summed E-state index contributed by atoms with van der Waals surface area (Å²) in [5.74, 6) is -0.0787. The van der Waals surface area contributed by atoms with E-state index in [1.165, 1.54) is 0 Å². The van der Waals surface area contributed by atoms with Crippen molar-refractivity contribution in [2.24, 2.45) is 17.3 Å². The summed E-state index contributed by atoms with van der Waals surface area (Å²) in [5.41, 5.74) is -0.387. The van der Waals surface area contributed by atoms with Gasteiger partial charge in [0.05, 0.1) is 17.4 Å². The highest BCUT2D eigenvalue weighted by Crippen LogP contribution is 2.64. The number of hydrogen-bond donors (Lipinski definition) is 1. The van der Waals surface area contributed by atoms with Gasteiger partial charge >= 0.3 is 0 Å². The lowest BCUT2D eigenvalue weighted by atomic mass is 9.46. The molecule has 0 saturated heterocycles. The molecule has 1 N–H and O–H groups in total. The van der Waals surface area contributed by atoms with E-state index in [2.05, 4.69) is 10.4 Å². The number of aliphatic carboxylic acids is 1. The molecule has 4 fully saturated rings. The summed E-state index contributed by atoms with van der Waals surface area (Å²) < 4.78 is 1.57. The van der Waals surface area contributed by atoms with Crippen LogP contribution in [0, 0.1) is 17.3 Å². The number of rotatable bonds is 5. The molecule has 6 nitrogen and oxygen atoms in total. The number of carbonyl (C=O) groups excluding carboxylic acids is 1. The summed E-state index contributed by atoms with van der Waals surface area (Å²) >= 11 is 6.36. The number of nitrogens with zero attached hydrogens (tertiary/aromatic N) is 2. The number of hydrogen-bond acceptors (Lipinski definition) is 5. The number of halogens is 1. The van der Waals surface area contributed by atoms with Gasteiger partial charge in [0, 0.05) is 12.0 Å². The Morgan fingerprint density at radius 1 is 1.38 bits per heavy atom. The second-order valence-corrected chi connectivity index (χ2v) is 9.50. The third kappa shape index (κ3) is 2.82. The largest absolute Gasteiger partial charge is 0.550 e. The van der Waals surface area contributed by atoms with Gasteiger partial charge in [-0.2, -0.15) is 5.10 Å². The summed E-state index contributed by atoms with van der Waals surface area (Å²) in [5, 5.41) is 19.2. The lowest BCUT2D eigenvalue weighted by Crippen LogP contribution is -2.60. The lowest BCUT2D eigenvalue weighted by molar-refractivity contribution is -0.310. The monoisotopic (exact) mass is 378 g/mol. The molecule has 0 spiro atoms. The molecule has 5 rings (SSSR count). The fraction of sp³-hybridized carbons (Fsp3) is 0.737. The van der Waals surface area contributed by atoms with Crippen molar-refractivity contribution in [2.75, 3.05) is 5.32 Å². The highest BCUT2D eigenvalue weighted by Gasteiger charge is 2.59. The number of nitrogens with one attached hydrogen (secondary N) is 1. The molecule has 4 aliphatic rings. The molecule has 26 heavy (non-hydrogen) atoms. The maximum Gasteiger partial charge on any atom is 0.288 e. The SMILES string of the molecule is CC(C)Nc1cnn(C23C[C@@H]4C[C@@H](CC(CC(=O)[O-])(C4)C2)C3)c(=O)c1Cl. The molecule has 1 aromatic rings. The summed E-state index contributed by atoms with van der Waals surface area (Å²) in [7, 11) is 0. The quantitative estimate of drug-likeness (QED) is 0.848. The Labute approximate surface area is 157 Å². The van der Waals surface area contributed by atoms with Crippen LogP contribution in [0.15, 0.2) is 11.0 Å². The van der Waals surface area contributed by atoms with Crippen molar-refractivity contribution in [3.8, 4) is 0 Å². The molecule has 1 aromatic heterocycles. The molecule has 4 bridgehead atoms. The Hall–Kier alpha value is -1.56. The molecular weight excluding hydrogens is 354 g/mol. The second-order valence-electron chi connectivity index (χ2n) is 9.12. The number of carboxylic acid groups (broad SMARTS) is 1. The molecule has 7 heteroatoms. The van der Waals surface area contributed by atoms with Gasteiger partial charge in [-0.3, -0.25) is 4.79 Å². The first kappa shape index (κ1) is 17.8. The first-order valence-corrected chi connectivity index (χ1v) is 9.84. The predicted octanol–water partition coefficient (Wildman–Crippen LogP) is 2.15. The Bertz CT molecular complexity index is 790. The van der Waals surface area contributed by atoms with Crippen LogP contribution in [0.5, 0.6) is 0 Å². The maximum atomic E-state index is 13.0. The number of aromatic nitrogens is 2. The minimum Gasteiger partial charge on any atom is -0.550 e. The van der Waals surface area contributed by atoms with Crippen molar-refractivity contribution >= 4 is 23.3 Å². The van der Waals surface area contributed by atoms with E-state index in [0.717, 1.165) is 32.1 Å². The van der Waals surface area contributed by atoms with Gasteiger partial charge in [-0.05, 0) is 76.0 Å². The van der Waals surface area contributed by atoms with Gasteiger partial charge in [0.1, 0.15) is 5.02 Å². The van der Waals surface area contributed by atoms with Crippen LogP contribution in [0.2, 0.25) is 5.02 Å². The van der Waals surface area contributed by atoms with Crippen molar-refractivity contribution in [1.29, 1.82) is 0 Å². The molecule has 2 unspecified atom stereocenters. The van der Waals surface area contributed by atoms with E-state index in [1.54, 1.807) is 10.9 Å². The maximum absolute atomic E-state index is 13.0. The number of anilines is 1. The summed E-state index contributed by atoms with van der Waals surface area (Å²) in [6, 6.07) is 0.149. The van der Waals surface area contributed by atoms with Gasteiger partial charge in [-0.1, -0.05) is 11.6 Å². The van der Waals surface area contributed by atoms with E-state index in [0.29, 0.717) is 23.9 Å². The van der Waals surface area contributed by atoms with Crippen LogP contribution in [0.3, 0.4) is 0 Å². The molecule has 0 aromatic carbocycles. The van der Waals surface area contributed by atoms with Crippen LogP contribution in [0.1, 0.15) is 58.8 Å². The molecule has 4 atom stereocenters. The van der Waals surface area contributed by atoms with Crippen LogP contribution in [0.25, 0.3) is 0 Å². The first-order valence-electron chi connectivity index (χ1n) is 9.47. The molecule has 4 saturated carbocycles. The van der Waals surface area contributed by atoms with E-state index < -0.39 is 11.5 Å². The van der Waals surface area contributed by atoms with Crippen molar-refractivity contribution in [2.45, 2.75) is 70.4 Å². The average Bonchev–Trinajstić information content (AvgIpc) is 2.48. The Morgan fingerprint density at radius 3 is 2.62 bits per heavy atom. The van der Waals surface area contributed by atoms with Crippen molar-refractivity contribution in [3.05, 3.63) is 21.6 Å². The van der Waals surface area contributed by atoms with Crippen molar-refractivity contribution < 1.29 is 9.90 Å². The van der Waals surface area contributed by atoms with Crippen LogP contribution in [-0.2, 0) is 10.3 Å². The van der Waals surface area contributed by atoms with Crippen molar-refractivity contribution in [1.82, 2.24) is 9.78 Å². The molecule has 142 valence electrons. The van der Waals surface area contributed by atoms with Gasteiger partial charge in [-0.15, -0.1) is 0 Å². The Morgan fingerprint density at radius 2 is 2.04 bits per heavy atom. The summed E-state index contributed by atoms with van der Waals surface area (Å²) in [6.45, 7) is 3.95. The van der Waals surface area contributed by atoms with Crippen LogP contribution < -0.4 is 16.0 Å². The second kappa shape index (κ2) is 5.98. The molecule has 4 aliphatic carbocycles. The van der Waals surface area contributed by atoms with E-state index >= 15 is 0 Å². The van der Waals surface area contributed by atoms with Gasteiger partial charge in [0.2, 0.25) is 0 Å². The zero-order chi connectivity index (χ0) is 18.7. The highest BCUT2D eigenvalue weighted by molar-refractivity contribution is 6.32. The minimum absolute atomic E-state index is 0.0806. The normalized spacial score (nSPS) is 35.1. The fourth-order valence-electron chi connectivity index (χ4n) is 6.35. The predicted molar refractivity (Wildman–Crippen MR) is 97.0 cm³/mol. The summed E-state index contributed by atoms with van der Waals surface area (Å²) in [6.07, 6.45) is 7.15. The van der Waals surface area contributed by atoms with E-state index in [1.807, 2.05) is 13.8 Å². The number of carbonyl (C=O) groups is 1. The minimum atomic E-state index is -0.989. The van der Waals surface area contributed by atoms with Crippen LogP contribution >= 0.6 is 11.6 Å². The summed E-state index contributed by atoms with van der Waals surface area (Å²) in [4.78, 5) is 24.4. The number of carboxylic acids is 1. The molecule has 0 amide bonds. The smallest absolute Gasteiger partial charge is 0.288 e. The fourth-order valence-corrected chi connectivity index (χ4v) is 6.53. The van der Waals surface area contributed by atoms with Gasteiger partial charge in [0.25, 0.3) is 5.56 Å². The Balaban J connectivity index is 1.74. The van der Waals surface area contributed by atoms with Gasteiger partial charge < -0.3 is 15.2 Å². The first-order chi connectivity index (χ1) is 12.2. The zero-order valence-corrected chi connectivity index (χ0v) is 16.0. The average molecular weight is 379 g/mol. The van der Waals surface area contributed by atoms with Crippen molar-refractivity contribution in [3.63, 3.8) is 0 Å². The topological polar surface area (TPSA) is 87.1 Å². The highest BCUT2D eigenvalue weighted by atomic mass is 35.5. The molecule has 0 radical (unpaired) electrons. The van der Waals surface area contributed by atoms with Gasteiger partial charge in [0.15, 0.2) is 0 Å².